The van der Waals surface area contributed by atoms with Crippen LogP contribution in [-0.4, -0.2) is 43.0 Å². The maximum absolute atomic E-state index is 12.7. The molecule has 0 atom stereocenters. The molecule has 2 N–H and O–H groups in total. The molecule has 1 aromatic carbocycles. The lowest BCUT2D eigenvalue weighted by atomic mass is 9.97. The van der Waals surface area contributed by atoms with Crippen LogP contribution in [0.3, 0.4) is 0 Å². The Hall–Kier alpha value is -2.41. The third-order valence-electron chi connectivity index (χ3n) is 3.95. The van der Waals surface area contributed by atoms with Gasteiger partial charge >= 0.3 is 0 Å². The van der Waals surface area contributed by atoms with Gasteiger partial charge in [-0.15, -0.1) is 6.58 Å². The van der Waals surface area contributed by atoms with Crippen LogP contribution in [0.1, 0.15) is 30.3 Å². The zero-order valence-corrected chi connectivity index (χ0v) is 16.7. The Balaban J connectivity index is 1.98. The summed E-state index contributed by atoms with van der Waals surface area (Å²) in [6.45, 7) is 7.70. The molecule has 0 spiro atoms. The molecule has 0 radical (unpaired) electrons. The molecule has 0 bridgehead atoms. The lowest BCUT2D eigenvalue weighted by molar-refractivity contribution is 0.0939. The summed E-state index contributed by atoms with van der Waals surface area (Å²) in [6.07, 6.45) is 3.71. The van der Waals surface area contributed by atoms with E-state index in [2.05, 4.69) is 29.1 Å². The fraction of sp³-hybridized carbons (Fsp3) is 0.368. The van der Waals surface area contributed by atoms with E-state index in [1.54, 1.807) is 10.6 Å². The topological polar surface area (TPSA) is 68.2 Å². The number of ether oxygens (including phenoxy) is 1. The molecule has 0 saturated heterocycles. The third kappa shape index (κ3) is 6.06. The summed E-state index contributed by atoms with van der Waals surface area (Å²) >= 11 is 6.20. The minimum Gasteiger partial charge on any atom is -0.492 e. The van der Waals surface area contributed by atoms with Crippen molar-refractivity contribution in [2.24, 2.45) is 0 Å². The predicted octanol–water partition coefficient (Wildman–Crippen LogP) is 2.00. The SMILES string of the molecule is Bc1ccc(OCCNC(=O)c2c(NCCCC)nc(Cl)n2CC=C)cc1. The number of imidazole rings is 1. The van der Waals surface area contributed by atoms with E-state index in [0.717, 1.165) is 25.1 Å². The van der Waals surface area contributed by atoms with E-state index in [1.807, 2.05) is 32.1 Å². The molecule has 144 valence electrons. The van der Waals surface area contributed by atoms with Crippen LogP contribution in [0.15, 0.2) is 36.9 Å². The van der Waals surface area contributed by atoms with Gasteiger partial charge in [-0.3, -0.25) is 4.79 Å². The largest absolute Gasteiger partial charge is 0.492 e. The minimum absolute atomic E-state index is 0.247. The van der Waals surface area contributed by atoms with E-state index in [0.29, 0.717) is 31.2 Å². The zero-order valence-electron chi connectivity index (χ0n) is 15.9. The van der Waals surface area contributed by atoms with Crippen molar-refractivity contribution in [3.05, 3.63) is 47.9 Å². The highest BCUT2D eigenvalue weighted by Gasteiger charge is 2.21. The molecule has 1 aromatic heterocycles. The Bertz CT molecular complexity index is 762. The van der Waals surface area contributed by atoms with Crippen LogP contribution in [0.4, 0.5) is 5.82 Å². The second-order valence-corrected chi connectivity index (χ2v) is 6.51. The van der Waals surface area contributed by atoms with Crippen LogP contribution < -0.4 is 20.8 Å². The number of unbranched alkanes of at least 4 members (excludes halogenated alkanes) is 1. The number of hydrogen-bond donors (Lipinski definition) is 2. The minimum atomic E-state index is -0.247. The second-order valence-electron chi connectivity index (χ2n) is 6.18. The maximum atomic E-state index is 12.7. The first kappa shape index (κ1) is 20.9. The molecule has 0 aliphatic rings. The molecule has 2 aromatic rings. The molecule has 8 heteroatoms. The van der Waals surface area contributed by atoms with E-state index in [-0.39, 0.29) is 11.2 Å². The van der Waals surface area contributed by atoms with Crippen molar-refractivity contribution < 1.29 is 9.53 Å². The lowest BCUT2D eigenvalue weighted by Crippen LogP contribution is -2.30. The number of hydrogen-bond acceptors (Lipinski definition) is 4. The second kappa shape index (κ2) is 10.7. The van der Waals surface area contributed by atoms with Crippen LogP contribution in [0, 0.1) is 0 Å². The highest BCUT2D eigenvalue weighted by atomic mass is 35.5. The summed E-state index contributed by atoms with van der Waals surface area (Å²) in [6, 6.07) is 7.79. The van der Waals surface area contributed by atoms with Gasteiger partial charge in [-0.1, -0.05) is 37.0 Å². The molecular formula is C19H26BClN4O2. The Morgan fingerprint density at radius 1 is 1.37 bits per heavy atom. The molecule has 1 heterocycles. The van der Waals surface area contributed by atoms with Crippen molar-refractivity contribution in [1.29, 1.82) is 0 Å². The molecule has 1 amide bonds. The van der Waals surface area contributed by atoms with Crippen molar-refractivity contribution in [1.82, 2.24) is 14.9 Å². The lowest BCUT2D eigenvalue weighted by Gasteiger charge is -2.11. The number of aromatic nitrogens is 2. The smallest absolute Gasteiger partial charge is 0.271 e. The fourth-order valence-corrected chi connectivity index (χ4v) is 2.75. The molecular weight excluding hydrogens is 363 g/mol. The Morgan fingerprint density at radius 2 is 2.11 bits per heavy atom. The van der Waals surface area contributed by atoms with Gasteiger partial charge in [0, 0.05) is 13.1 Å². The average molecular weight is 389 g/mol. The predicted molar refractivity (Wildman–Crippen MR) is 113 cm³/mol. The van der Waals surface area contributed by atoms with Crippen molar-refractivity contribution in [3.8, 4) is 5.75 Å². The first-order chi connectivity index (χ1) is 13.1. The summed E-state index contributed by atoms with van der Waals surface area (Å²) in [5.41, 5.74) is 1.58. The maximum Gasteiger partial charge on any atom is 0.271 e. The number of amides is 1. The molecule has 27 heavy (non-hydrogen) atoms. The van der Waals surface area contributed by atoms with Crippen LogP contribution in [0.2, 0.25) is 5.28 Å². The standard InChI is InChI=1S/C19H26BClN4O2/c1-3-5-10-22-17-16(25(12-4-2)19(21)24-17)18(26)23-11-13-27-15-8-6-14(20)7-9-15/h4,6-9,22H,2-3,5,10-13,20H2,1H3,(H,23,26). The number of allylic oxidation sites excluding steroid dienone is 1. The third-order valence-corrected chi connectivity index (χ3v) is 4.24. The molecule has 6 nitrogen and oxygen atoms in total. The van der Waals surface area contributed by atoms with E-state index in [1.165, 1.54) is 5.46 Å². The molecule has 0 aliphatic heterocycles. The van der Waals surface area contributed by atoms with Crippen LogP contribution >= 0.6 is 11.6 Å². The number of carbonyl (C=O) groups excluding carboxylic acids is 1. The number of anilines is 1. The first-order valence-electron chi connectivity index (χ1n) is 9.15. The summed E-state index contributed by atoms with van der Waals surface area (Å²) in [5, 5.41) is 6.32. The monoisotopic (exact) mass is 388 g/mol. The summed E-state index contributed by atoms with van der Waals surface area (Å²) < 4.78 is 7.28. The highest BCUT2D eigenvalue weighted by Crippen LogP contribution is 2.21. The number of benzene rings is 1. The first-order valence-corrected chi connectivity index (χ1v) is 9.53. The number of nitrogens with zero attached hydrogens (tertiary/aromatic N) is 2. The van der Waals surface area contributed by atoms with Gasteiger partial charge in [0.25, 0.3) is 5.91 Å². The van der Waals surface area contributed by atoms with Crippen molar-refractivity contribution in [3.63, 3.8) is 0 Å². The van der Waals surface area contributed by atoms with Crippen molar-refractivity contribution in [2.75, 3.05) is 25.0 Å². The van der Waals surface area contributed by atoms with Gasteiger partial charge in [0.1, 0.15) is 20.2 Å². The Kier molecular flexibility index (Phi) is 8.26. The van der Waals surface area contributed by atoms with Gasteiger partial charge in [0.2, 0.25) is 5.28 Å². The number of rotatable bonds is 11. The van der Waals surface area contributed by atoms with Crippen molar-refractivity contribution >= 4 is 36.6 Å². The average Bonchev–Trinajstić information content (AvgIpc) is 2.96. The molecule has 0 aliphatic carbocycles. The Morgan fingerprint density at radius 3 is 2.78 bits per heavy atom. The number of carbonyl (C=O) groups is 1. The normalized spacial score (nSPS) is 10.4. The molecule has 0 unspecified atom stereocenters. The summed E-state index contributed by atoms with van der Waals surface area (Å²) in [4.78, 5) is 17.0. The van der Waals surface area contributed by atoms with E-state index in [9.17, 15) is 4.79 Å². The molecule has 0 saturated carbocycles. The van der Waals surface area contributed by atoms with E-state index >= 15 is 0 Å². The fourth-order valence-electron chi connectivity index (χ4n) is 2.51. The van der Waals surface area contributed by atoms with Crippen LogP contribution in [0.25, 0.3) is 0 Å². The molecule has 2 rings (SSSR count). The number of halogens is 1. The van der Waals surface area contributed by atoms with Crippen molar-refractivity contribution in [2.45, 2.75) is 26.3 Å². The summed E-state index contributed by atoms with van der Waals surface area (Å²) in [7, 11) is 2.02. The van der Waals surface area contributed by atoms with Gasteiger partial charge in [-0.05, 0) is 30.2 Å². The van der Waals surface area contributed by atoms with Gasteiger partial charge in [0.15, 0.2) is 11.5 Å². The molecule has 0 fully saturated rings. The van der Waals surface area contributed by atoms with E-state index in [4.69, 9.17) is 16.3 Å². The Labute approximate surface area is 166 Å². The van der Waals surface area contributed by atoms with Crippen LogP contribution in [0.5, 0.6) is 5.75 Å². The van der Waals surface area contributed by atoms with Gasteiger partial charge in [-0.2, -0.15) is 4.98 Å². The van der Waals surface area contributed by atoms with Gasteiger partial charge < -0.3 is 19.9 Å². The van der Waals surface area contributed by atoms with Crippen LogP contribution in [-0.2, 0) is 6.54 Å². The summed E-state index contributed by atoms with van der Waals surface area (Å²) in [5.74, 6) is 1.02. The zero-order chi connectivity index (χ0) is 19.6. The number of nitrogens with one attached hydrogen (secondary N) is 2. The quantitative estimate of drug-likeness (QED) is 0.351. The van der Waals surface area contributed by atoms with Gasteiger partial charge in [0.05, 0.1) is 6.54 Å². The van der Waals surface area contributed by atoms with Gasteiger partial charge in [-0.25, -0.2) is 0 Å². The highest BCUT2D eigenvalue weighted by molar-refractivity contribution is 6.32. The van der Waals surface area contributed by atoms with E-state index < -0.39 is 0 Å².